The van der Waals surface area contributed by atoms with Crippen molar-refractivity contribution in [1.29, 1.82) is 0 Å². The Morgan fingerprint density at radius 2 is 2.25 bits per heavy atom. The van der Waals surface area contributed by atoms with Crippen LogP contribution in [0.1, 0.15) is 16.5 Å². The summed E-state index contributed by atoms with van der Waals surface area (Å²) in [6, 6.07) is 7.59. The Kier molecular flexibility index (Phi) is 3.42. The van der Waals surface area contributed by atoms with Crippen LogP contribution in [0.4, 0.5) is 0 Å². The molecule has 0 saturated heterocycles. The standard InChI is InChI=1S/C14H12N2O2S2/c1-8-7-20-11(16-8)6-17-12-9-4-2-3-5-10(9)18-13(12)14(15)19/h2-5,7H,6H2,1H3,(H2,15,19). The van der Waals surface area contributed by atoms with Crippen LogP contribution in [0.3, 0.4) is 0 Å². The van der Waals surface area contributed by atoms with Gasteiger partial charge in [-0.1, -0.05) is 24.4 Å². The van der Waals surface area contributed by atoms with Crippen molar-refractivity contribution in [2.24, 2.45) is 5.73 Å². The number of hydrogen-bond donors (Lipinski definition) is 1. The van der Waals surface area contributed by atoms with E-state index in [1.54, 1.807) is 11.3 Å². The lowest BCUT2D eigenvalue weighted by atomic mass is 10.2. The molecule has 20 heavy (non-hydrogen) atoms. The molecule has 0 aliphatic heterocycles. The summed E-state index contributed by atoms with van der Waals surface area (Å²) >= 11 is 6.58. The zero-order valence-corrected chi connectivity index (χ0v) is 12.4. The molecule has 0 spiro atoms. The number of aromatic nitrogens is 1. The molecule has 0 aliphatic carbocycles. The van der Waals surface area contributed by atoms with Crippen LogP contribution in [0.15, 0.2) is 34.1 Å². The summed E-state index contributed by atoms with van der Waals surface area (Å²) in [7, 11) is 0. The van der Waals surface area contributed by atoms with E-state index in [4.69, 9.17) is 27.1 Å². The molecule has 2 heterocycles. The summed E-state index contributed by atoms with van der Waals surface area (Å²) in [6.07, 6.45) is 0. The molecule has 0 saturated carbocycles. The Hall–Kier alpha value is -1.92. The highest BCUT2D eigenvalue weighted by Gasteiger charge is 2.18. The lowest BCUT2D eigenvalue weighted by Gasteiger charge is -2.04. The molecular weight excluding hydrogens is 292 g/mol. The summed E-state index contributed by atoms with van der Waals surface area (Å²) in [6.45, 7) is 2.32. The van der Waals surface area contributed by atoms with E-state index in [-0.39, 0.29) is 4.99 Å². The Morgan fingerprint density at radius 3 is 2.95 bits per heavy atom. The third-order valence-corrected chi connectivity index (χ3v) is 3.91. The number of furan rings is 1. The number of hydrogen-bond acceptors (Lipinski definition) is 5. The van der Waals surface area contributed by atoms with Crippen molar-refractivity contribution >= 4 is 39.5 Å². The summed E-state index contributed by atoms with van der Waals surface area (Å²) < 4.78 is 11.5. The normalized spacial score (nSPS) is 10.8. The number of thiazole rings is 1. The van der Waals surface area contributed by atoms with E-state index in [9.17, 15) is 0 Å². The van der Waals surface area contributed by atoms with Gasteiger partial charge >= 0.3 is 0 Å². The van der Waals surface area contributed by atoms with Crippen molar-refractivity contribution in [1.82, 2.24) is 4.98 Å². The molecule has 2 N–H and O–H groups in total. The van der Waals surface area contributed by atoms with Gasteiger partial charge in [-0.15, -0.1) is 11.3 Å². The molecule has 3 rings (SSSR count). The van der Waals surface area contributed by atoms with Gasteiger partial charge in [0.2, 0.25) is 5.76 Å². The van der Waals surface area contributed by atoms with Crippen molar-refractivity contribution in [2.75, 3.05) is 0 Å². The fraction of sp³-hybridized carbons (Fsp3) is 0.143. The Morgan fingerprint density at radius 1 is 1.45 bits per heavy atom. The minimum atomic E-state index is 0.187. The van der Waals surface area contributed by atoms with Gasteiger partial charge in [-0.05, 0) is 19.1 Å². The van der Waals surface area contributed by atoms with Crippen molar-refractivity contribution in [2.45, 2.75) is 13.5 Å². The second kappa shape index (κ2) is 5.22. The second-order valence-electron chi connectivity index (χ2n) is 4.29. The number of ether oxygens (including phenoxy) is 1. The molecule has 1 aromatic carbocycles. The number of nitrogens with two attached hydrogens (primary N) is 1. The number of aryl methyl sites for hydroxylation is 1. The first-order chi connectivity index (χ1) is 9.65. The van der Waals surface area contributed by atoms with E-state index in [0.29, 0.717) is 23.7 Å². The maximum atomic E-state index is 5.84. The monoisotopic (exact) mass is 304 g/mol. The van der Waals surface area contributed by atoms with Gasteiger partial charge in [0.15, 0.2) is 5.75 Å². The van der Waals surface area contributed by atoms with E-state index >= 15 is 0 Å². The van der Waals surface area contributed by atoms with Crippen molar-refractivity contribution < 1.29 is 9.15 Å². The van der Waals surface area contributed by atoms with Crippen molar-refractivity contribution in [3.63, 3.8) is 0 Å². The molecule has 0 radical (unpaired) electrons. The van der Waals surface area contributed by atoms with Gasteiger partial charge < -0.3 is 14.9 Å². The van der Waals surface area contributed by atoms with Crippen molar-refractivity contribution in [3.05, 3.63) is 46.1 Å². The maximum absolute atomic E-state index is 5.84. The topological polar surface area (TPSA) is 61.3 Å². The summed E-state index contributed by atoms with van der Waals surface area (Å²) in [4.78, 5) is 4.55. The number of benzene rings is 1. The summed E-state index contributed by atoms with van der Waals surface area (Å²) in [5.74, 6) is 0.996. The van der Waals surface area contributed by atoms with E-state index in [1.807, 2.05) is 36.6 Å². The predicted molar refractivity (Wildman–Crippen MR) is 83.3 cm³/mol. The Bertz CT molecular complexity index is 776. The molecule has 0 atom stereocenters. The fourth-order valence-electron chi connectivity index (χ4n) is 1.93. The van der Waals surface area contributed by atoms with Crippen LogP contribution in [0.2, 0.25) is 0 Å². The van der Waals surface area contributed by atoms with Crippen LogP contribution in [0.5, 0.6) is 5.75 Å². The first-order valence-corrected chi connectivity index (χ1v) is 7.29. The smallest absolute Gasteiger partial charge is 0.204 e. The van der Waals surface area contributed by atoms with Gasteiger partial charge in [0.25, 0.3) is 0 Å². The number of rotatable bonds is 4. The largest absolute Gasteiger partial charge is 0.482 e. The quantitative estimate of drug-likeness (QED) is 0.748. The highest BCUT2D eigenvalue weighted by atomic mass is 32.1. The van der Waals surface area contributed by atoms with E-state index in [0.717, 1.165) is 16.1 Å². The van der Waals surface area contributed by atoms with Gasteiger partial charge in [0, 0.05) is 11.1 Å². The predicted octanol–water partition coefficient (Wildman–Crippen LogP) is 3.41. The molecule has 4 nitrogen and oxygen atoms in total. The zero-order valence-electron chi connectivity index (χ0n) is 10.8. The molecule has 0 aliphatic rings. The Labute approximate surface area is 125 Å². The zero-order chi connectivity index (χ0) is 14.1. The lowest BCUT2D eigenvalue weighted by Crippen LogP contribution is -2.10. The molecular formula is C14H12N2O2S2. The van der Waals surface area contributed by atoms with Crippen LogP contribution >= 0.6 is 23.6 Å². The average Bonchev–Trinajstić information content (AvgIpc) is 3.00. The van der Waals surface area contributed by atoms with E-state index in [2.05, 4.69) is 4.98 Å². The van der Waals surface area contributed by atoms with Gasteiger partial charge in [0.1, 0.15) is 22.2 Å². The SMILES string of the molecule is Cc1csc(COc2c(C(N)=S)oc3ccccc23)n1. The third-order valence-electron chi connectivity index (χ3n) is 2.78. The average molecular weight is 304 g/mol. The van der Waals surface area contributed by atoms with E-state index in [1.165, 1.54) is 0 Å². The number of para-hydroxylation sites is 1. The molecule has 0 bridgehead atoms. The van der Waals surface area contributed by atoms with Crippen LogP contribution < -0.4 is 10.5 Å². The van der Waals surface area contributed by atoms with Crippen LogP contribution in [-0.2, 0) is 6.61 Å². The van der Waals surface area contributed by atoms with Crippen LogP contribution in [-0.4, -0.2) is 9.97 Å². The minimum Gasteiger partial charge on any atom is -0.482 e. The van der Waals surface area contributed by atoms with E-state index < -0.39 is 0 Å². The van der Waals surface area contributed by atoms with Gasteiger partial charge in [-0.25, -0.2) is 4.98 Å². The first-order valence-electron chi connectivity index (χ1n) is 6.00. The molecule has 102 valence electrons. The Balaban J connectivity index is 1.96. The number of nitrogens with zero attached hydrogens (tertiary/aromatic N) is 1. The molecule has 6 heteroatoms. The lowest BCUT2D eigenvalue weighted by molar-refractivity contribution is 0.303. The molecule has 3 aromatic rings. The molecule has 0 fully saturated rings. The molecule has 0 amide bonds. The minimum absolute atomic E-state index is 0.187. The third kappa shape index (κ3) is 2.39. The first kappa shape index (κ1) is 13.1. The molecule has 0 unspecified atom stereocenters. The van der Waals surface area contributed by atoms with Crippen molar-refractivity contribution in [3.8, 4) is 5.75 Å². The van der Waals surface area contributed by atoms with Gasteiger partial charge in [-0.2, -0.15) is 0 Å². The highest BCUT2D eigenvalue weighted by molar-refractivity contribution is 7.80. The summed E-state index contributed by atoms with van der Waals surface area (Å²) in [5.41, 5.74) is 7.39. The highest BCUT2D eigenvalue weighted by Crippen LogP contribution is 2.33. The molecule has 2 aromatic heterocycles. The number of thiocarbonyl (C=S) groups is 1. The second-order valence-corrected chi connectivity index (χ2v) is 5.67. The van der Waals surface area contributed by atoms with Gasteiger partial charge in [0.05, 0.1) is 5.39 Å². The van der Waals surface area contributed by atoms with Crippen LogP contribution in [0, 0.1) is 6.92 Å². The fourth-order valence-corrected chi connectivity index (χ4v) is 2.75. The maximum Gasteiger partial charge on any atom is 0.204 e. The summed E-state index contributed by atoms with van der Waals surface area (Å²) in [5, 5.41) is 3.76. The van der Waals surface area contributed by atoms with Crippen LogP contribution in [0.25, 0.3) is 11.0 Å². The van der Waals surface area contributed by atoms with Gasteiger partial charge in [-0.3, -0.25) is 0 Å². The number of fused-ring (bicyclic) bond motifs is 1.